The van der Waals surface area contributed by atoms with Crippen molar-refractivity contribution in [3.8, 4) is 0 Å². The number of nitrogens with zero attached hydrogens (tertiary/aromatic N) is 1. The molecule has 2 aliphatic rings. The van der Waals surface area contributed by atoms with E-state index in [1.54, 1.807) is 24.3 Å². The summed E-state index contributed by atoms with van der Waals surface area (Å²) in [6, 6.07) is 7.18. The van der Waals surface area contributed by atoms with Gasteiger partial charge in [0.15, 0.2) is 5.76 Å². The van der Waals surface area contributed by atoms with Crippen molar-refractivity contribution < 1.29 is 18.7 Å². The summed E-state index contributed by atoms with van der Waals surface area (Å²) in [6.07, 6.45) is 1.85. The lowest BCUT2D eigenvalue weighted by Gasteiger charge is -2.38. The molecule has 1 aromatic heterocycles. The van der Waals surface area contributed by atoms with Crippen molar-refractivity contribution in [2.75, 3.05) is 19.8 Å². The van der Waals surface area contributed by atoms with Crippen LogP contribution in [0, 0.1) is 0 Å². The molecule has 0 spiro atoms. The van der Waals surface area contributed by atoms with Gasteiger partial charge < -0.3 is 18.8 Å². The van der Waals surface area contributed by atoms with Gasteiger partial charge in [-0.1, -0.05) is 11.6 Å². The lowest BCUT2D eigenvalue weighted by Crippen LogP contribution is -2.53. The van der Waals surface area contributed by atoms with Gasteiger partial charge in [0.05, 0.1) is 18.8 Å². The number of hydrogen-bond donors (Lipinski definition) is 0. The number of fused-ring (bicyclic) bond motifs is 2. The summed E-state index contributed by atoms with van der Waals surface area (Å²) in [5, 5.41) is 1.47. The summed E-state index contributed by atoms with van der Waals surface area (Å²) in [5.74, 6) is 0.269. The zero-order chi connectivity index (χ0) is 16.7. The number of hydrogen-bond acceptors (Lipinski definition) is 4. The third-order valence-corrected chi connectivity index (χ3v) is 5.10. The Labute approximate surface area is 145 Å². The van der Waals surface area contributed by atoms with Gasteiger partial charge in [-0.05, 0) is 44.0 Å². The second-order valence-electron chi connectivity index (χ2n) is 6.27. The zero-order valence-electron chi connectivity index (χ0n) is 13.5. The van der Waals surface area contributed by atoms with E-state index >= 15 is 0 Å². The van der Waals surface area contributed by atoms with Crippen molar-refractivity contribution in [2.24, 2.45) is 0 Å². The summed E-state index contributed by atoms with van der Waals surface area (Å²) in [4.78, 5) is 14.8. The van der Waals surface area contributed by atoms with Crippen LogP contribution in [0.25, 0.3) is 11.0 Å². The molecule has 6 heteroatoms. The molecule has 1 saturated heterocycles. The highest BCUT2D eigenvalue weighted by molar-refractivity contribution is 6.31. The fraction of sp³-hybridized carbons (Fsp3) is 0.500. The number of ether oxygens (including phenoxy) is 2. The van der Waals surface area contributed by atoms with Crippen molar-refractivity contribution >= 4 is 28.5 Å². The fourth-order valence-corrected chi connectivity index (χ4v) is 4.00. The summed E-state index contributed by atoms with van der Waals surface area (Å²) in [5.41, 5.74) is 0.672. The maximum atomic E-state index is 13.0. The van der Waals surface area contributed by atoms with Crippen molar-refractivity contribution in [1.82, 2.24) is 4.90 Å². The molecular weight excluding hydrogens is 330 g/mol. The Hall–Kier alpha value is -1.56. The Morgan fingerprint density at radius 3 is 3.08 bits per heavy atom. The minimum absolute atomic E-state index is 0.0403. The smallest absolute Gasteiger partial charge is 0.290 e. The second-order valence-corrected chi connectivity index (χ2v) is 6.70. The number of carbonyl (C=O) groups is 1. The fourth-order valence-electron chi connectivity index (χ4n) is 3.82. The van der Waals surface area contributed by atoms with Crippen LogP contribution in [0.4, 0.5) is 0 Å². The van der Waals surface area contributed by atoms with Gasteiger partial charge in [0.2, 0.25) is 0 Å². The Balaban J connectivity index is 1.58. The van der Waals surface area contributed by atoms with E-state index in [-0.39, 0.29) is 24.2 Å². The molecule has 2 fully saturated rings. The normalized spacial score (nSPS) is 26.8. The number of amides is 1. The maximum absolute atomic E-state index is 13.0. The van der Waals surface area contributed by atoms with Gasteiger partial charge in [-0.15, -0.1) is 0 Å². The minimum atomic E-state index is -0.0854. The molecule has 3 atom stereocenters. The SMILES string of the molecule is CCO[C@H]1CC[C@@H]2[C@@H]1OCCN2C(=O)c1cc2cc(Cl)ccc2o1. The molecule has 1 amide bonds. The predicted octanol–water partition coefficient (Wildman–Crippen LogP) is 3.49. The third kappa shape index (κ3) is 2.70. The lowest BCUT2D eigenvalue weighted by atomic mass is 10.1. The van der Waals surface area contributed by atoms with Crippen molar-refractivity contribution in [3.63, 3.8) is 0 Å². The summed E-state index contributed by atoms with van der Waals surface area (Å²) < 4.78 is 17.4. The van der Waals surface area contributed by atoms with E-state index in [2.05, 4.69) is 0 Å². The van der Waals surface area contributed by atoms with Crippen LogP contribution in [0.5, 0.6) is 0 Å². The molecule has 1 aromatic carbocycles. The van der Waals surface area contributed by atoms with E-state index in [9.17, 15) is 4.79 Å². The van der Waals surface area contributed by atoms with Crippen LogP contribution in [-0.2, 0) is 9.47 Å². The monoisotopic (exact) mass is 349 g/mol. The van der Waals surface area contributed by atoms with E-state index in [1.807, 2.05) is 11.8 Å². The quantitative estimate of drug-likeness (QED) is 0.851. The Morgan fingerprint density at radius 2 is 2.25 bits per heavy atom. The van der Waals surface area contributed by atoms with Crippen molar-refractivity contribution in [3.05, 3.63) is 35.0 Å². The van der Waals surface area contributed by atoms with Crippen LogP contribution < -0.4 is 0 Å². The number of carbonyl (C=O) groups excluding carboxylic acids is 1. The first-order valence-electron chi connectivity index (χ1n) is 8.40. The molecule has 5 nitrogen and oxygen atoms in total. The van der Waals surface area contributed by atoms with E-state index < -0.39 is 0 Å². The highest BCUT2D eigenvalue weighted by Gasteiger charge is 2.45. The van der Waals surface area contributed by atoms with Crippen LogP contribution >= 0.6 is 11.6 Å². The molecular formula is C18H20ClNO4. The Kier molecular flexibility index (Phi) is 4.24. The molecule has 2 heterocycles. The molecule has 4 rings (SSSR count). The number of benzene rings is 1. The number of morpholine rings is 1. The summed E-state index contributed by atoms with van der Waals surface area (Å²) >= 11 is 6.01. The van der Waals surface area contributed by atoms with Crippen molar-refractivity contribution in [2.45, 2.75) is 38.0 Å². The topological polar surface area (TPSA) is 51.9 Å². The molecule has 24 heavy (non-hydrogen) atoms. The molecule has 1 aliphatic heterocycles. The van der Waals surface area contributed by atoms with Crippen LogP contribution in [0.15, 0.2) is 28.7 Å². The average Bonchev–Trinajstić information content (AvgIpc) is 3.18. The standard InChI is InChI=1S/C18H20ClNO4/c1-2-22-15-6-4-13-17(15)23-8-7-20(13)18(21)16-10-11-9-12(19)3-5-14(11)24-16/h3,5,9-10,13,15,17H,2,4,6-8H2,1H3/t13-,15+,17+/m1/s1. The summed E-state index contributed by atoms with van der Waals surface area (Å²) in [6.45, 7) is 3.76. The van der Waals surface area contributed by atoms with Crippen LogP contribution in [0.3, 0.4) is 0 Å². The first-order chi connectivity index (χ1) is 11.7. The largest absolute Gasteiger partial charge is 0.451 e. The number of halogens is 1. The molecule has 128 valence electrons. The molecule has 0 radical (unpaired) electrons. The first-order valence-corrected chi connectivity index (χ1v) is 8.78. The number of furan rings is 1. The molecule has 0 bridgehead atoms. The van der Waals surface area contributed by atoms with Gasteiger partial charge >= 0.3 is 0 Å². The molecule has 1 saturated carbocycles. The van der Waals surface area contributed by atoms with E-state index in [4.69, 9.17) is 25.5 Å². The van der Waals surface area contributed by atoms with E-state index in [0.29, 0.717) is 36.1 Å². The molecule has 0 N–H and O–H groups in total. The van der Waals surface area contributed by atoms with Gasteiger partial charge in [-0.3, -0.25) is 4.79 Å². The molecule has 2 aromatic rings. The van der Waals surface area contributed by atoms with E-state index in [1.165, 1.54) is 0 Å². The average molecular weight is 350 g/mol. The molecule has 0 unspecified atom stereocenters. The highest BCUT2D eigenvalue weighted by Crippen LogP contribution is 2.33. The van der Waals surface area contributed by atoms with Crippen LogP contribution in [-0.4, -0.2) is 48.8 Å². The van der Waals surface area contributed by atoms with Gasteiger partial charge in [0, 0.05) is 23.6 Å². The zero-order valence-corrected chi connectivity index (χ0v) is 14.3. The van der Waals surface area contributed by atoms with E-state index in [0.717, 1.165) is 18.2 Å². The van der Waals surface area contributed by atoms with Gasteiger partial charge in [0.25, 0.3) is 5.91 Å². The number of rotatable bonds is 3. The van der Waals surface area contributed by atoms with Crippen LogP contribution in [0.1, 0.15) is 30.3 Å². The minimum Gasteiger partial charge on any atom is -0.451 e. The lowest BCUT2D eigenvalue weighted by molar-refractivity contribution is -0.103. The highest BCUT2D eigenvalue weighted by atomic mass is 35.5. The first kappa shape index (κ1) is 15.9. The van der Waals surface area contributed by atoms with Gasteiger partial charge in [-0.2, -0.15) is 0 Å². The predicted molar refractivity (Wildman–Crippen MR) is 90.4 cm³/mol. The second kappa shape index (κ2) is 6.39. The third-order valence-electron chi connectivity index (χ3n) is 4.87. The van der Waals surface area contributed by atoms with Gasteiger partial charge in [-0.25, -0.2) is 0 Å². The molecule has 1 aliphatic carbocycles. The van der Waals surface area contributed by atoms with Gasteiger partial charge in [0.1, 0.15) is 11.7 Å². The van der Waals surface area contributed by atoms with Crippen molar-refractivity contribution in [1.29, 1.82) is 0 Å². The summed E-state index contributed by atoms with van der Waals surface area (Å²) in [7, 11) is 0. The Bertz CT molecular complexity index is 759. The Morgan fingerprint density at radius 1 is 1.38 bits per heavy atom. The maximum Gasteiger partial charge on any atom is 0.290 e. The van der Waals surface area contributed by atoms with Crippen LogP contribution in [0.2, 0.25) is 5.02 Å².